The molecule has 0 unspecified atom stereocenters. The van der Waals surface area contributed by atoms with Crippen molar-refractivity contribution in [2.45, 2.75) is 25.5 Å². The predicted octanol–water partition coefficient (Wildman–Crippen LogP) is 2.36. The van der Waals surface area contributed by atoms with Gasteiger partial charge in [-0.2, -0.15) is 0 Å². The SMILES string of the molecule is [N-]=[N+]=N[C@H](CO)CCCNC(=O)OCc1ccccc1. The molecule has 108 valence electrons. The summed E-state index contributed by atoms with van der Waals surface area (Å²) in [4.78, 5) is 14.0. The lowest BCUT2D eigenvalue weighted by Crippen LogP contribution is -2.26. The second-order valence-electron chi connectivity index (χ2n) is 4.17. The van der Waals surface area contributed by atoms with E-state index in [1.54, 1.807) is 0 Å². The molecule has 1 aromatic carbocycles. The highest BCUT2D eigenvalue weighted by Crippen LogP contribution is 2.02. The standard InChI is InChI=1S/C13H18N4O3/c14-17-16-12(9-18)7-4-8-15-13(19)20-10-11-5-2-1-3-6-11/h1-3,5-6,12,18H,4,7-10H2,(H,15,19)/t12-/m0/s1. The van der Waals surface area contributed by atoms with Gasteiger partial charge in [-0.25, -0.2) is 4.79 Å². The summed E-state index contributed by atoms with van der Waals surface area (Å²) in [5, 5.41) is 14.9. The molecule has 20 heavy (non-hydrogen) atoms. The quantitative estimate of drug-likeness (QED) is 0.330. The summed E-state index contributed by atoms with van der Waals surface area (Å²) in [6, 6.07) is 8.95. The minimum absolute atomic E-state index is 0.192. The van der Waals surface area contributed by atoms with Crippen molar-refractivity contribution in [2.24, 2.45) is 5.11 Å². The highest BCUT2D eigenvalue weighted by molar-refractivity contribution is 5.67. The van der Waals surface area contributed by atoms with Crippen LogP contribution in [0, 0.1) is 0 Å². The number of hydrogen-bond donors (Lipinski definition) is 2. The molecule has 0 radical (unpaired) electrons. The van der Waals surface area contributed by atoms with Crippen molar-refractivity contribution in [3.63, 3.8) is 0 Å². The minimum atomic E-state index is -0.488. The van der Waals surface area contributed by atoms with Crippen molar-refractivity contribution >= 4 is 6.09 Å². The van der Waals surface area contributed by atoms with Gasteiger partial charge in [-0.05, 0) is 23.9 Å². The van der Waals surface area contributed by atoms with Gasteiger partial charge in [0.2, 0.25) is 0 Å². The lowest BCUT2D eigenvalue weighted by atomic mass is 10.2. The van der Waals surface area contributed by atoms with E-state index in [-0.39, 0.29) is 13.2 Å². The van der Waals surface area contributed by atoms with E-state index in [0.29, 0.717) is 19.4 Å². The summed E-state index contributed by atoms with van der Waals surface area (Å²) < 4.78 is 5.03. The highest BCUT2D eigenvalue weighted by atomic mass is 16.5. The summed E-state index contributed by atoms with van der Waals surface area (Å²) in [6.45, 7) is 0.443. The van der Waals surface area contributed by atoms with Crippen molar-refractivity contribution in [1.82, 2.24) is 5.32 Å². The summed E-state index contributed by atoms with van der Waals surface area (Å²) in [7, 11) is 0. The maximum Gasteiger partial charge on any atom is 0.407 e. The number of alkyl carbamates (subject to hydrolysis) is 1. The van der Waals surface area contributed by atoms with Gasteiger partial charge in [0.05, 0.1) is 12.6 Å². The van der Waals surface area contributed by atoms with E-state index >= 15 is 0 Å². The van der Waals surface area contributed by atoms with E-state index in [2.05, 4.69) is 15.3 Å². The predicted molar refractivity (Wildman–Crippen MR) is 73.9 cm³/mol. The Morgan fingerprint density at radius 1 is 1.45 bits per heavy atom. The largest absolute Gasteiger partial charge is 0.445 e. The lowest BCUT2D eigenvalue weighted by Gasteiger charge is -2.09. The van der Waals surface area contributed by atoms with E-state index < -0.39 is 12.1 Å². The number of carbonyl (C=O) groups excluding carboxylic acids is 1. The first-order chi connectivity index (χ1) is 9.76. The summed E-state index contributed by atoms with van der Waals surface area (Å²) in [5.41, 5.74) is 9.17. The molecule has 1 aromatic rings. The summed E-state index contributed by atoms with van der Waals surface area (Å²) in [6.07, 6.45) is 0.627. The van der Waals surface area contributed by atoms with E-state index in [9.17, 15) is 4.79 Å². The molecule has 1 rings (SSSR count). The molecule has 0 aliphatic rings. The number of nitrogens with zero attached hydrogens (tertiary/aromatic N) is 3. The number of rotatable bonds is 8. The molecule has 7 heteroatoms. The zero-order valence-corrected chi connectivity index (χ0v) is 11.1. The number of aliphatic hydroxyl groups is 1. The van der Waals surface area contributed by atoms with Crippen LogP contribution in [0.15, 0.2) is 35.4 Å². The third-order valence-electron chi connectivity index (χ3n) is 2.62. The van der Waals surface area contributed by atoms with Crippen LogP contribution in [0.25, 0.3) is 10.4 Å². The Morgan fingerprint density at radius 3 is 2.85 bits per heavy atom. The van der Waals surface area contributed by atoms with Gasteiger partial charge in [0, 0.05) is 11.5 Å². The van der Waals surface area contributed by atoms with Crippen molar-refractivity contribution in [3.05, 3.63) is 46.3 Å². The second-order valence-corrected chi connectivity index (χ2v) is 4.17. The first-order valence-electron chi connectivity index (χ1n) is 6.36. The number of aliphatic hydroxyl groups excluding tert-OH is 1. The van der Waals surface area contributed by atoms with E-state index in [1.807, 2.05) is 30.3 Å². The van der Waals surface area contributed by atoms with Gasteiger partial charge in [-0.15, -0.1) is 0 Å². The van der Waals surface area contributed by atoms with Gasteiger partial charge < -0.3 is 15.2 Å². The van der Waals surface area contributed by atoms with Crippen LogP contribution in [0.1, 0.15) is 18.4 Å². The van der Waals surface area contributed by atoms with E-state index in [4.69, 9.17) is 15.4 Å². The Bertz CT molecular complexity index is 446. The molecule has 7 nitrogen and oxygen atoms in total. The molecule has 0 aliphatic heterocycles. The zero-order chi connectivity index (χ0) is 14.6. The van der Waals surface area contributed by atoms with Gasteiger partial charge in [0.15, 0.2) is 0 Å². The maximum atomic E-state index is 11.4. The Balaban J connectivity index is 2.13. The fraction of sp³-hybridized carbons (Fsp3) is 0.462. The molecule has 0 saturated heterocycles. The average Bonchev–Trinajstić information content (AvgIpc) is 2.49. The van der Waals surface area contributed by atoms with Crippen LogP contribution < -0.4 is 5.32 Å². The fourth-order valence-electron chi connectivity index (χ4n) is 1.56. The number of nitrogens with one attached hydrogen (secondary N) is 1. The van der Waals surface area contributed by atoms with Gasteiger partial charge in [0.1, 0.15) is 6.61 Å². The first-order valence-corrected chi connectivity index (χ1v) is 6.36. The van der Waals surface area contributed by atoms with Crippen LogP contribution in [0.2, 0.25) is 0 Å². The number of azide groups is 1. The summed E-state index contributed by atoms with van der Waals surface area (Å²) in [5.74, 6) is 0. The van der Waals surface area contributed by atoms with Crippen LogP contribution in [0.4, 0.5) is 4.79 Å². The first kappa shape index (κ1) is 15.8. The van der Waals surface area contributed by atoms with Crippen LogP contribution in [0.5, 0.6) is 0 Å². The Kier molecular flexibility index (Phi) is 7.64. The molecule has 1 amide bonds. The number of hydrogen-bond acceptors (Lipinski definition) is 4. The third kappa shape index (κ3) is 6.63. The molecule has 0 aliphatic carbocycles. The van der Waals surface area contributed by atoms with Gasteiger partial charge in [0.25, 0.3) is 0 Å². The molecule has 2 N–H and O–H groups in total. The number of ether oxygens (including phenoxy) is 1. The van der Waals surface area contributed by atoms with E-state index in [0.717, 1.165) is 5.56 Å². The monoisotopic (exact) mass is 278 g/mol. The number of carbonyl (C=O) groups is 1. The molecular formula is C13H18N4O3. The topological polar surface area (TPSA) is 107 Å². The summed E-state index contributed by atoms with van der Waals surface area (Å²) >= 11 is 0. The molecular weight excluding hydrogens is 260 g/mol. The van der Waals surface area contributed by atoms with Gasteiger partial charge in [-0.3, -0.25) is 0 Å². The highest BCUT2D eigenvalue weighted by Gasteiger charge is 2.05. The number of amides is 1. The van der Waals surface area contributed by atoms with Crippen LogP contribution in [0.3, 0.4) is 0 Å². The number of benzene rings is 1. The maximum absolute atomic E-state index is 11.4. The average molecular weight is 278 g/mol. The van der Waals surface area contributed by atoms with Gasteiger partial charge in [-0.1, -0.05) is 35.4 Å². The molecule has 1 atom stereocenters. The minimum Gasteiger partial charge on any atom is -0.445 e. The second kappa shape index (κ2) is 9.66. The van der Waals surface area contributed by atoms with E-state index in [1.165, 1.54) is 0 Å². The third-order valence-corrected chi connectivity index (χ3v) is 2.62. The fourth-order valence-corrected chi connectivity index (χ4v) is 1.56. The smallest absolute Gasteiger partial charge is 0.407 e. The van der Waals surface area contributed by atoms with Crippen molar-refractivity contribution < 1.29 is 14.6 Å². The van der Waals surface area contributed by atoms with Crippen molar-refractivity contribution in [1.29, 1.82) is 0 Å². The molecule has 0 heterocycles. The Morgan fingerprint density at radius 2 is 2.20 bits per heavy atom. The van der Waals surface area contributed by atoms with Crippen molar-refractivity contribution in [2.75, 3.05) is 13.2 Å². The Labute approximate surface area is 117 Å². The zero-order valence-electron chi connectivity index (χ0n) is 11.1. The van der Waals surface area contributed by atoms with Crippen LogP contribution >= 0.6 is 0 Å². The van der Waals surface area contributed by atoms with Crippen LogP contribution in [-0.2, 0) is 11.3 Å². The van der Waals surface area contributed by atoms with Crippen LogP contribution in [-0.4, -0.2) is 30.4 Å². The molecule has 0 spiro atoms. The Hall–Kier alpha value is -2.24. The molecule has 0 fully saturated rings. The normalized spacial score (nSPS) is 11.2. The molecule has 0 saturated carbocycles. The lowest BCUT2D eigenvalue weighted by molar-refractivity contribution is 0.139. The van der Waals surface area contributed by atoms with Gasteiger partial charge >= 0.3 is 6.09 Å². The van der Waals surface area contributed by atoms with Crippen molar-refractivity contribution in [3.8, 4) is 0 Å². The molecule has 0 bridgehead atoms. The molecule has 0 aromatic heterocycles.